The summed E-state index contributed by atoms with van der Waals surface area (Å²) in [6.45, 7) is 9.35. The minimum Gasteiger partial charge on any atom is -0.491 e. The second-order valence-corrected chi connectivity index (χ2v) is 9.25. The second kappa shape index (κ2) is 11.8. The van der Waals surface area contributed by atoms with Crippen LogP contribution in [-0.4, -0.2) is 33.0 Å². The zero-order chi connectivity index (χ0) is 27.3. The Kier molecular flexibility index (Phi) is 8.75. The first-order chi connectivity index (χ1) is 17.5. The standard InChI is InChI=1S/C27H35N5O5/c1-7-20-8-10-21(11-9-20)16-30-25(29-22-12-13-23(18(4)14-22)37-17(2)3)32(28)27(35)31(26(30)34)15-19(5)24(33)36-6/h8-14,17,19H,7,15-16,28H2,1-6H3/t19-/m0/s1. The number of carbonyl (C=O) groups is 1. The van der Waals surface area contributed by atoms with Gasteiger partial charge < -0.3 is 15.3 Å². The number of hydrogen-bond acceptors (Lipinski definition) is 7. The van der Waals surface area contributed by atoms with Crippen molar-refractivity contribution in [3.63, 3.8) is 0 Å². The van der Waals surface area contributed by atoms with Gasteiger partial charge in [-0.2, -0.15) is 4.68 Å². The topological polar surface area (TPSA) is 123 Å². The zero-order valence-corrected chi connectivity index (χ0v) is 22.2. The van der Waals surface area contributed by atoms with Gasteiger partial charge >= 0.3 is 17.3 Å². The first-order valence-corrected chi connectivity index (χ1v) is 12.2. The lowest BCUT2D eigenvalue weighted by Crippen LogP contribution is -2.58. The van der Waals surface area contributed by atoms with Gasteiger partial charge in [0.05, 0.1) is 31.4 Å². The SMILES string of the molecule is CCc1ccc(Cn2c(=Nc3ccc(OC(C)C)c(C)c3)n(N)c(=O)n(C[C@H](C)C(=O)OC)c2=O)cc1. The Hall–Kier alpha value is -4.08. The number of rotatable bonds is 9. The van der Waals surface area contributed by atoms with Crippen molar-refractivity contribution >= 4 is 11.7 Å². The molecule has 0 unspecified atom stereocenters. The number of methoxy groups -OCH3 is 1. The van der Waals surface area contributed by atoms with Crippen molar-refractivity contribution in [3.05, 3.63) is 85.7 Å². The molecular weight excluding hydrogens is 474 g/mol. The molecule has 2 N–H and O–H groups in total. The van der Waals surface area contributed by atoms with Crippen molar-refractivity contribution in [1.29, 1.82) is 0 Å². The normalized spacial score (nSPS) is 12.6. The summed E-state index contributed by atoms with van der Waals surface area (Å²) in [5.41, 5.74) is 1.91. The van der Waals surface area contributed by atoms with Crippen LogP contribution in [0.1, 0.15) is 44.4 Å². The van der Waals surface area contributed by atoms with E-state index in [4.69, 9.17) is 15.3 Å². The first-order valence-electron chi connectivity index (χ1n) is 12.2. The number of aromatic nitrogens is 3. The van der Waals surface area contributed by atoms with E-state index >= 15 is 0 Å². The molecule has 1 aromatic heterocycles. The highest BCUT2D eigenvalue weighted by molar-refractivity contribution is 5.71. The van der Waals surface area contributed by atoms with Gasteiger partial charge in [-0.1, -0.05) is 38.1 Å². The number of nitrogen functional groups attached to an aromatic ring is 1. The van der Waals surface area contributed by atoms with E-state index in [9.17, 15) is 14.4 Å². The Labute approximate surface area is 215 Å². The molecule has 1 atom stereocenters. The van der Waals surface area contributed by atoms with Gasteiger partial charge in [-0.3, -0.25) is 9.36 Å². The lowest BCUT2D eigenvalue weighted by atomic mass is 10.1. The highest BCUT2D eigenvalue weighted by Crippen LogP contribution is 2.24. The highest BCUT2D eigenvalue weighted by Gasteiger charge is 2.20. The third-order valence-electron chi connectivity index (χ3n) is 5.94. The molecule has 2 aromatic carbocycles. The van der Waals surface area contributed by atoms with E-state index in [1.165, 1.54) is 11.7 Å². The van der Waals surface area contributed by atoms with Crippen molar-refractivity contribution in [1.82, 2.24) is 13.8 Å². The van der Waals surface area contributed by atoms with E-state index in [-0.39, 0.29) is 24.8 Å². The molecular formula is C27H35N5O5. The largest absolute Gasteiger partial charge is 0.491 e. The summed E-state index contributed by atoms with van der Waals surface area (Å²) in [4.78, 5) is 43.3. The van der Waals surface area contributed by atoms with E-state index in [2.05, 4.69) is 11.9 Å². The van der Waals surface area contributed by atoms with Crippen LogP contribution in [-0.2, 0) is 29.0 Å². The van der Waals surface area contributed by atoms with Crippen LogP contribution in [0.2, 0.25) is 0 Å². The maximum atomic E-state index is 13.6. The van der Waals surface area contributed by atoms with Crippen molar-refractivity contribution in [2.75, 3.05) is 13.0 Å². The van der Waals surface area contributed by atoms with E-state index < -0.39 is 23.3 Å². The van der Waals surface area contributed by atoms with E-state index in [1.54, 1.807) is 25.1 Å². The Morgan fingerprint density at radius 1 is 1.00 bits per heavy atom. The second-order valence-electron chi connectivity index (χ2n) is 9.25. The molecule has 198 valence electrons. The molecule has 37 heavy (non-hydrogen) atoms. The predicted molar refractivity (Wildman–Crippen MR) is 141 cm³/mol. The average molecular weight is 510 g/mol. The minimum atomic E-state index is -0.784. The van der Waals surface area contributed by atoms with Crippen LogP contribution in [0.4, 0.5) is 5.69 Å². The monoisotopic (exact) mass is 509 g/mol. The molecule has 0 aliphatic rings. The maximum Gasteiger partial charge on any atom is 0.353 e. The lowest BCUT2D eigenvalue weighted by Gasteiger charge is -2.16. The van der Waals surface area contributed by atoms with Crippen LogP contribution < -0.4 is 27.6 Å². The lowest BCUT2D eigenvalue weighted by molar-refractivity contribution is -0.145. The average Bonchev–Trinajstić information content (AvgIpc) is 2.88. The molecule has 0 saturated heterocycles. The molecule has 0 aliphatic heterocycles. The summed E-state index contributed by atoms with van der Waals surface area (Å²) in [5, 5.41) is 0. The molecule has 0 amide bonds. The number of nitrogens with two attached hydrogens (primary N) is 1. The molecule has 0 aliphatic carbocycles. The van der Waals surface area contributed by atoms with Gasteiger partial charge in [0, 0.05) is 6.54 Å². The van der Waals surface area contributed by atoms with Crippen molar-refractivity contribution in [2.45, 2.75) is 60.2 Å². The fraction of sp³-hybridized carbons (Fsp3) is 0.407. The van der Waals surface area contributed by atoms with Gasteiger partial charge in [-0.05, 0) is 62.1 Å². The van der Waals surface area contributed by atoms with E-state index in [1.807, 2.05) is 45.0 Å². The van der Waals surface area contributed by atoms with Crippen LogP contribution in [0.3, 0.4) is 0 Å². The molecule has 3 aromatic rings. The van der Waals surface area contributed by atoms with Gasteiger partial charge in [0.25, 0.3) is 0 Å². The molecule has 0 saturated carbocycles. The molecule has 0 radical (unpaired) electrons. The Balaban J connectivity index is 2.21. The van der Waals surface area contributed by atoms with Gasteiger partial charge in [-0.15, -0.1) is 0 Å². The first kappa shape index (κ1) is 27.5. The fourth-order valence-electron chi connectivity index (χ4n) is 3.88. The number of esters is 1. The summed E-state index contributed by atoms with van der Waals surface area (Å²) < 4.78 is 13.7. The van der Waals surface area contributed by atoms with E-state index in [0.717, 1.165) is 38.1 Å². The number of hydrogen-bond donors (Lipinski definition) is 1. The molecule has 10 heteroatoms. The Morgan fingerprint density at radius 2 is 1.65 bits per heavy atom. The molecule has 0 fully saturated rings. The number of ether oxygens (including phenoxy) is 2. The summed E-state index contributed by atoms with van der Waals surface area (Å²) in [7, 11) is 1.25. The van der Waals surface area contributed by atoms with Gasteiger partial charge in [0.2, 0.25) is 5.62 Å². The minimum absolute atomic E-state index is 0.0111. The Morgan fingerprint density at radius 3 is 2.22 bits per heavy atom. The number of aryl methyl sites for hydroxylation is 2. The van der Waals surface area contributed by atoms with Crippen molar-refractivity contribution in [3.8, 4) is 5.75 Å². The summed E-state index contributed by atoms with van der Waals surface area (Å²) in [5.74, 6) is 5.66. The summed E-state index contributed by atoms with van der Waals surface area (Å²) in [6, 6.07) is 13.1. The maximum absolute atomic E-state index is 13.6. The van der Waals surface area contributed by atoms with Crippen molar-refractivity contribution < 1.29 is 14.3 Å². The van der Waals surface area contributed by atoms with Crippen LogP contribution in [0.25, 0.3) is 0 Å². The van der Waals surface area contributed by atoms with E-state index in [0.29, 0.717) is 5.69 Å². The van der Waals surface area contributed by atoms with Crippen LogP contribution in [0.15, 0.2) is 57.0 Å². The zero-order valence-electron chi connectivity index (χ0n) is 22.2. The molecule has 3 rings (SSSR count). The molecule has 1 heterocycles. The molecule has 0 bridgehead atoms. The smallest absolute Gasteiger partial charge is 0.353 e. The number of nitrogens with zero attached hydrogens (tertiary/aromatic N) is 4. The summed E-state index contributed by atoms with van der Waals surface area (Å²) in [6.07, 6.45) is 0.896. The quantitative estimate of drug-likeness (QED) is 0.349. The van der Waals surface area contributed by atoms with Crippen molar-refractivity contribution in [2.24, 2.45) is 10.9 Å². The Bertz CT molecular complexity index is 1450. The van der Waals surface area contributed by atoms with Gasteiger partial charge in [0.15, 0.2) is 0 Å². The fourth-order valence-corrected chi connectivity index (χ4v) is 3.88. The third-order valence-corrected chi connectivity index (χ3v) is 5.94. The highest BCUT2D eigenvalue weighted by atomic mass is 16.5. The molecule has 0 spiro atoms. The van der Waals surface area contributed by atoms with Crippen LogP contribution in [0, 0.1) is 12.8 Å². The summed E-state index contributed by atoms with van der Waals surface area (Å²) >= 11 is 0. The van der Waals surface area contributed by atoms with Gasteiger partial charge in [0.1, 0.15) is 5.75 Å². The van der Waals surface area contributed by atoms with Crippen LogP contribution in [0.5, 0.6) is 5.75 Å². The number of benzene rings is 2. The number of carbonyl (C=O) groups excluding carboxylic acids is 1. The molecule has 10 nitrogen and oxygen atoms in total. The predicted octanol–water partition coefficient (Wildman–Crippen LogP) is 2.27. The van der Waals surface area contributed by atoms with Gasteiger partial charge in [-0.25, -0.2) is 19.1 Å². The third kappa shape index (κ3) is 6.38. The van der Waals surface area contributed by atoms with Crippen LogP contribution >= 0.6 is 0 Å².